The standard InChI is InChI=1S/C12H9F3N4O/c13-8-3-7(4-9(14)11(8)15)18-12(20)10-5-6(19-16)1-2-17-10/h1-5H,16H2,(H,17,19)(H,18,20). The Labute approximate surface area is 111 Å². The predicted octanol–water partition coefficient (Wildman–Crippen LogP) is 2.04. The maximum absolute atomic E-state index is 13.0. The number of rotatable bonds is 3. The minimum absolute atomic E-state index is 0.0226. The fourth-order valence-corrected chi connectivity index (χ4v) is 1.47. The molecule has 0 unspecified atom stereocenters. The van der Waals surface area contributed by atoms with Crippen molar-refractivity contribution in [3.63, 3.8) is 0 Å². The van der Waals surface area contributed by atoms with Gasteiger partial charge in [-0.3, -0.25) is 15.6 Å². The quantitative estimate of drug-likeness (QED) is 0.457. The number of nitrogens with zero attached hydrogens (tertiary/aromatic N) is 1. The van der Waals surface area contributed by atoms with Crippen LogP contribution in [0.15, 0.2) is 30.5 Å². The number of nitrogens with two attached hydrogens (primary N) is 1. The highest BCUT2D eigenvalue weighted by Crippen LogP contribution is 2.18. The summed E-state index contributed by atoms with van der Waals surface area (Å²) < 4.78 is 38.8. The summed E-state index contributed by atoms with van der Waals surface area (Å²) in [6.07, 6.45) is 1.33. The average molecular weight is 282 g/mol. The molecule has 2 aromatic rings. The lowest BCUT2D eigenvalue weighted by Gasteiger charge is -2.07. The molecule has 0 saturated carbocycles. The Kier molecular flexibility index (Phi) is 3.85. The van der Waals surface area contributed by atoms with Gasteiger partial charge in [-0.15, -0.1) is 0 Å². The number of halogens is 3. The van der Waals surface area contributed by atoms with Gasteiger partial charge in [-0.1, -0.05) is 0 Å². The normalized spacial score (nSPS) is 10.2. The van der Waals surface area contributed by atoms with E-state index in [1.165, 1.54) is 18.3 Å². The third-order valence-corrected chi connectivity index (χ3v) is 2.40. The van der Waals surface area contributed by atoms with Crippen LogP contribution in [0, 0.1) is 17.5 Å². The number of carbonyl (C=O) groups is 1. The van der Waals surface area contributed by atoms with Crippen LogP contribution in [0.3, 0.4) is 0 Å². The first-order chi connectivity index (χ1) is 9.51. The molecule has 1 heterocycles. The van der Waals surface area contributed by atoms with Crippen molar-refractivity contribution < 1.29 is 18.0 Å². The van der Waals surface area contributed by atoms with Gasteiger partial charge < -0.3 is 10.7 Å². The van der Waals surface area contributed by atoms with Crippen LogP contribution in [0.5, 0.6) is 0 Å². The Bertz CT molecular complexity index is 640. The number of carbonyl (C=O) groups excluding carboxylic acids is 1. The van der Waals surface area contributed by atoms with Crippen LogP contribution in [0.2, 0.25) is 0 Å². The monoisotopic (exact) mass is 282 g/mol. The first-order valence-electron chi connectivity index (χ1n) is 5.40. The number of amides is 1. The zero-order chi connectivity index (χ0) is 14.7. The fourth-order valence-electron chi connectivity index (χ4n) is 1.47. The molecule has 0 radical (unpaired) electrons. The molecule has 8 heteroatoms. The summed E-state index contributed by atoms with van der Waals surface area (Å²) >= 11 is 0. The lowest BCUT2D eigenvalue weighted by molar-refractivity contribution is 0.102. The number of nitrogens with one attached hydrogen (secondary N) is 2. The molecule has 104 valence electrons. The topological polar surface area (TPSA) is 80.0 Å². The number of hydrogen-bond donors (Lipinski definition) is 3. The second-order valence-electron chi connectivity index (χ2n) is 3.78. The third-order valence-electron chi connectivity index (χ3n) is 2.40. The van der Waals surface area contributed by atoms with Gasteiger partial charge in [0.2, 0.25) is 0 Å². The first kappa shape index (κ1) is 13.8. The average Bonchev–Trinajstić information content (AvgIpc) is 2.44. The largest absolute Gasteiger partial charge is 0.324 e. The highest BCUT2D eigenvalue weighted by atomic mass is 19.2. The zero-order valence-electron chi connectivity index (χ0n) is 9.95. The molecular formula is C12H9F3N4O. The van der Waals surface area contributed by atoms with E-state index < -0.39 is 23.4 Å². The summed E-state index contributed by atoms with van der Waals surface area (Å²) in [5.74, 6) is 0.0656. The van der Waals surface area contributed by atoms with Gasteiger partial charge in [-0.25, -0.2) is 13.2 Å². The van der Waals surface area contributed by atoms with Crippen LogP contribution >= 0.6 is 0 Å². The molecule has 20 heavy (non-hydrogen) atoms. The Balaban J connectivity index is 2.23. The second-order valence-corrected chi connectivity index (χ2v) is 3.78. The van der Waals surface area contributed by atoms with Gasteiger partial charge in [0, 0.05) is 24.0 Å². The lowest BCUT2D eigenvalue weighted by atomic mass is 10.2. The minimum Gasteiger partial charge on any atom is -0.324 e. The van der Waals surface area contributed by atoms with Crippen LogP contribution < -0.4 is 16.6 Å². The van der Waals surface area contributed by atoms with E-state index in [-0.39, 0.29) is 11.4 Å². The van der Waals surface area contributed by atoms with Gasteiger partial charge in [0.15, 0.2) is 17.5 Å². The third kappa shape index (κ3) is 2.86. The van der Waals surface area contributed by atoms with Gasteiger partial charge in [-0.05, 0) is 12.1 Å². The van der Waals surface area contributed by atoms with Crippen LogP contribution in [-0.2, 0) is 0 Å². The zero-order valence-corrected chi connectivity index (χ0v) is 9.95. The second kappa shape index (κ2) is 5.57. The lowest BCUT2D eigenvalue weighted by Crippen LogP contribution is -2.15. The van der Waals surface area contributed by atoms with E-state index in [0.717, 1.165) is 0 Å². The van der Waals surface area contributed by atoms with Crippen molar-refractivity contribution in [3.8, 4) is 0 Å². The predicted molar refractivity (Wildman–Crippen MR) is 66.3 cm³/mol. The molecule has 0 aliphatic carbocycles. The highest BCUT2D eigenvalue weighted by molar-refractivity contribution is 6.03. The maximum atomic E-state index is 13.0. The summed E-state index contributed by atoms with van der Waals surface area (Å²) in [5.41, 5.74) is 2.51. The Morgan fingerprint density at radius 1 is 1.10 bits per heavy atom. The first-order valence-corrected chi connectivity index (χ1v) is 5.40. The molecule has 5 nitrogen and oxygen atoms in total. The summed E-state index contributed by atoms with van der Waals surface area (Å²) in [7, 11) is 0. The Morgan fingerprint density at radius 3 is 2.35 bits per heavy atom. The van der Waals surface area contributed by atoms with Gasteiger partial charge in [0.05, 0.1) is 5.69 Å². The van der Waals surface area contributed by atoms with Crippen molar-refractivity contribution in [2.75, 3.05) is 10.7 Å². The molecule has 4 N–H and O–H groups in total. The molecule has 0 atom stereocenters. The molecule has 0 saturated heterocycles. The molecule has 2 rings (SSSR count). The number of aromatic nitrogens is 1. The summed E-state index contributed by atoms with van der Waals surface area (Å²) in [6.45, 7) is 0. The molecule has 0 fully saturated rings. The number of hydrogen-bond acceptors (Lipinski definition) is 4. The number of benzene rings is 1. The van der Waals surface area contributed by atoms with Crippen molar-refractivity contribution in [1.29, 1.82) is 0 Å². The van der Waals surface area contributed by atoms with E-state index in [2.05, 4.69) is 15.7 Å². The summed E-state index contributed by atoms with van der Waals surface area (Å²) in [6, 6.07) is 4.20. The molecule has 0 bridgehead atoms. The van der Waals surface area contributed by atoms with Gasteiger partial charge in [-0.2, -0.15) is 0 Å². The smallest absolute Gasteiger partial charge is 0.274 e. The van der Waals surface area contributed by atoms with Crippen molar-refractivity contribution >= 4 is 17.3 Å². The van der Waals surface area contributed by atoms with Crippen molar-refractivity contribution in [1.82, 2.24) is 4.98 Å². The number of nitrogen functional groups attached to an aromatic ring is 1. The fraction of sp³-hybridized carbons (Fsp3) is 0. The SMILES string of the molecule is NNc1ccnc(C(=O)Nc2cc(F)c(F)c(F)c2)c1. The molecule has 0 aliphatic rings. The minimum atomic E-state index is -1.60. The number of hydrazine groups is 1. The molecule has 0 aliphatic heterocycles. The number of anilines is 2. The molecule has 1 aromatic heterocycles. The van der Waals surface area contributed by atoms with Crippen molar-refractivity contribution in [2.45, 2.75) is 0 Å². The van der Waals surface area contributed by atoms with E-state index in [9.17, 15) is 18.0 Å². The van der Waals surface area contributed by atoms with E-state index in [4.69, 9.17) is 5.84 Å². The summed E-state index contributed by atoms with van der Waals surface area (Å²) in [5, 5.41) is 2.20. The Morgan fingerprint density at radius 2 is 1.75 bits per heavy atom. The van der Waals surface area contributed by atoms with Gasteiger partial charge in [0.1, 0.15) is 5.69 Å². The van der Waals surface area contributed by atoms with Crippen LogP contribution in [-0.4, -0.2) is 10.9 Å². The van der Waals surface area contributed by atoms with Crippen molar-refractivity contribution in [2.24, 2.45) is 5.84 Å². The van der Waals surface area contributed by atoms with Crippen LogP contribution in [0.1, 0.15) is 10.5 Å². The van der Waals surface area contributed by atoms with Gasteiger partial charge in [0.25, 0.3) is 5.91 Å². The van der Waals surface area contributed by atoms with Crippen LogP contribution in [0.25, 0.3) is 0 Å². The van der Waals surface area contributed by atoms with E-state index in [1.807, 2.05) is 0 Å². The molecule has 1 aromatic carbocycles. The van der Waals surface area contributed by atoms with Crippen molar-refractivity contribution in [3.05, 3.63) is 53.6 Å². The van der Waals surface area contributed by atoms with Crippen LogP contribution in [0.4, 0.5) is 24.5 Å². The molecule has 1 amide bonds. The van der Waals surface area contributed by atoms with E-state index in [0.29, 0.717) is 17.8 Å². The Hall–Kier alpha value is -2.61. The van der Waals surface area contributed by atoms with E-state index >= 15 is 0 Å². The molecular weight excluding hydrogens is 273 g/mol. The highest BCUT2D eigenvalue weighted by Gasteiger charge is 2.13. The molecule has 0 spiro atoms. The van der Waals surface area contributed by atoms with E-state index in [1.54, 1.807) is 0 Å². The summed E-state index contributed by atoms with van der Waals surface area (Å²) in [4.78, 5) is 15.6. The number of pyridine rings is 1. The maximum Gasteiger partial charge on any atom is 0.274 e. The van der Waals surface area contributed by atoms with Gasteiger partial charge >= 0.3 is 0 Å².